The van der Waals surface area contributed by atoms with Gasteiger partial charge in [-0.25, -0.2) is 9.88 Å². The third-order valence-corrected chi connectivity index (χ3v) is 12.9. The smallest absolute Gasteiger partial charge is 0.407 e. The summed E-state index contributed by atoms with van der Waals surface area (Å²) in [6.07, 6.45) is 8.47. The molecule has 4 fully saturated rings. The van der Waals surface area contributed by atoms with E-state index in [1.807, 2.05) is 0 Å². The van der Waals surface area contributed by atoms with Gasteiger partial charge in [-0.1, -0.05) is 13.8 Å². The molecule has 4 saturated carbocycles. The number of Topliss-reactive ketones (excluding diaryl/α,β-unsaturated/α-hetero) is 1. The Morgan fingerprint density at radius 1 is 0.949 bits per heavy atom. The third-order valence-electron chi connectivity index (χ3n) is 11.0. The molecule has 4 aliphatic rings. The summed E-state index contributed by atoms with van der Waals surface area (Å²) in [4.78, 5) is 37.7. The van der Waals surface area contributed by atoms with Crippen LogP contribution in [-0.2, 0) is 28.2 Å². The standard InChI is InChI=1S/C30H50NO7P/c1-8-36-28(34)39(35,31-19(4)27(33)37-18(2)3)38-22-13-15-29(6)21(17-22)9-10-23-25-12-11-24(20(5)32)30(25,7)16-14-26(23)29/h18-19,21-26H,8-17H2,1-7H3,(H,31,35)/t19-,21-,22+,23-,24+,25-,26-,29-,30+,39?/m0/s1. The van der Waals surface area contributed by atoms with Crippen LogP contribution < -0.4 is 5.09 Å². The van der Waals surface area contributed by atoms with E-state index in [4.69, 9.17) is 14.0 Å². The highest BCUT2D eigenvalue weighted by atomic mass is 31.2. The molecule has 4 rings (SSSR count). The SMILES string of the molecule is CCOC(=O)P(=O)(N[C@@H](C)C(=O)OC(C)C)O[C@@H]1CC[C@@]2(C)[C@@H](CC[C@@H]3[C@@H]2CC[C@]2(C)[C@@H](C(C)=O)CC[C@@H]32)C1. The Bertz CT molecular complexity index is 1000. The Labute approximate surface area is 234 Å². The fraction of sp³-hybridized carbons (Fsp3) is 0.900. The number of hydrogen-bond acceptors (Lipinski definition) is 7. The predicted molar refractivity (Wildman–Crippen MR) is 149 cm³/mol. The largest absolute Gasteiger partial charge is 0.462 e. The van der Waals surface area contributed by atoms with Crippen LogP contribution in [0, 0.1) is 40.4 Å². The first-order valence-corrected chi connectivity index (χ1v) is 16.8. The number of ketones is 1. The van der Waals surface area contributed by atoms with Crippen molar-refractivity contribution in [1.29, 1.82) is 0 Å². The van der Waals surface area contributed by atoms with Crippen LogP contribution in [0.5, 0.6) is 0 Å². The molecule has 0 amide bonds. The number of ether oxygens (including phenoxy) is 2. The minimum atomic E-state index is -4.13. The van der Waals surface area contributed by atoms with E-state index in [9.17, 15) is 18.9 Å². The van der Waals surface area contributed by atoms with Crippen LogP contribution in [0.4, 0.5) is 4.79 Å². The van der Waals surface area contributed by atoms with Crippen molar-refractivity contribution in [2.24, 2.45) is 40.4 Å². The van der Waals surface area contributed by atoms with Gasteiger partial charge in [0.05, 0.1) is 18.8 Å². The highest BCUT2D eigenvalue weighted by Gasteiger charge is 2.61. The minimum absolute atomic E-state index is 0.0672. The Morgan fingerprint density at radius 2 is 1.62 bits per heavy atom. The van der Waals surface area contributed by atoms with E-state index in [1.165, 1.54) is 19.8 Å². The number of fused-ring (bicyclic) bond motifs is 5. The Kier molecular flexibility index (Phi) is 9.11. The lowest BCUT2D eigenvalue weighted by molar-refractivity contribution is -0.149. The number of carbonyl (C=O) groups is 3. The van der Waals surface area contributed by atoms with Crippen molar-refractivity contribution in [3.05, 3.63) is 0 Å². The second-order valence-corrected chi connectivity index (χ2v) is 15.5. The molecular formula is C30H50NO7P. The van der Waals surface area contributed by atoms with Gasteiger partial charge in [-0.3, -0.25) is 14.2 Å². The Hall–Kier alpha value is -1.24. The molecule has 0 heterocycles. The zero-order chi connectivity index (χ0) is 28.8. The molecule has 0 aromatic heterocycles. The normalized spacial score (nSPS) is 40.0. The minimum Gasteiger partial charge on any atom is -0.462 e. The van der Waals surface area contributed by atoms with E-state index in [0.29, 0.717) is 35.9 Å². The van der Waals surface area contributed by atoms with Crippen molar-refractivity contribution in [2.75, 3.05) is 6.61 Å². The van der Waals surface area contributed by atoms with Gasteiger partial charge in [0.1, 0.15) is 11.8 Å². The first-order valence-electron chi connectivity index (χ1n) is 15.2. The monoisotopic (exact) mass is 567 g/mol. The van der Waals surface area contributed by atoms with Gasteiger partial charge < -0.3 is 14.0 Å². The molecule has 39 heavy (non-hydrogen) atoms. The quantitative estimate of drug-likeness (QED) is 0.237. The lowest BCUT2D eigenvalue weighted by Gasteiger charge is -2.61. The van der Waals surface area contributed by atoms with Crippen LogP contribution >= 0.6 is 7.52 Å². The van der Waals surface area contributed by atoms with Gasteiger partial charge in [0.2, 0.25) is 0 Å². The molecule has 0 bridgehead atoms. The second-order valence-electron chi connectivity index (χ2n) is 13.5. The first-order chi connectivity index (χ1) is 18.2. The van der Waals surface area contributed by atoms with Gasteiger partial charge >= 0.3 is 19.2 Å². The number of nitrogens with one attached hydrogen (secondary N) is 1. The summed E-state index contributed by atoms with van der Waals surface area (Å²) >= 11 is 0. The molecule has 10 atom stereocenters. The maximum atomic E-state index is 13.8. The summed E-state index contributed by atoms with van der Waals surface area (Å²) in [5.41, 5.74) is -0.630. The molecule has 222 valence electrons. The zero-order valence-electron chi connectivity index (χ0n) is 25.0. The van der Waals surface area contributed by atoms with E-state index >= 15 is 0 Å². The summed E-state index contributed by atoms with van der Waals surface area (Å²) < 4.78 is 30.3. The number of esters is 1. The summed E-state index contributed by atoms with van der Waals surface area (Å²) in [5.74, 6) is 2.32. The molecule has 8 nitrogen and oxygen atoms in total. The molecule has 0 aromatic rings. The van der Waals surface area contributed by atoms with Gasteiger partial charge in [0.15, 0.2) is 0 Å². The van der Waals surface area contributed by atoms with Crippen LogP contribution in [0.3, 0.4) is 0 Å². The Morgan fingerprint density at radius 3 is 2.26 bits per heavy atom. The molecule has 1 N–H and O–H groups in total. The van der Waals surface area contributed by atoms with Gasteiger partial charge in [0.25, 0.3) is 0 Å². The van der Waals surface area contributed by atoms with Gasteiger partial charge in [-0.05, 0) is 127 Å². The lowest BCUT2D eigenvalue weighted by Crippen LogP contribution is -2.54. The van der Waals surface area contributed by atoms with Gasteiger partial charge in [0, 0.05) is 5.92 Å². The number of carbonyl (C=O) groups excluding carboxylic acids is 3. The molecule has 0 aromatic carbocycles. The van der Waals surface area contributed by atoms with E-state index in [1.54, 1.807) is 27.7 Å². The molecule has 0 saturated heterocycles. The molecule has 9 heteroatoms. The van der Waals surface area contributed by atoms with Crippen LogP contribution in [0.1, 0.15) is 106 Å². The molecule has 0 aliphatic heterocycles. The highest BCUT2D eigenvalue weighted by molar-refractivity contribution is 7.73. The first kappa shape index (κ1) is 30.7. The van der Waals surface area contributed by atoms with Crippen LogP contribution in [0.2, 0.25) is 0 Å². The maximum Gasteiger partial charge on any atom is 0.407 e. The second kappa shape index (κ2) is 11.6. The summed E-state index contributed by atoms with van der Waals surface area (Å²) in [6, 6.07) is -0.978. The highest BCUT2D eigenvalue weighted by Crippen LogP contribution is 2.68. The lowest BCUT2D eigenvalue weighted by atomic mass is 9.44. The maximum absolute atomic E-state index is 13.8. The van der Waals surface area contributed by atoms with Gasteiger partial charge in [-0.2, -0.15) is 0 Å². The molecule has 0 radical (unpaired) electrons. The van der Waals surface area contributed by atoms with E-state index in [2.05, 4.69) is 18.9 Å². The summed E-state index contributed by atoms with van der Waals surface area (Å²) in [5, 5.41) is 2.66. The van der Waals surface area contributed by atoms with Crippen molar-refractivity contribution < 1.29 is 32.9 Å². The van der Waals surface area contributed by atoms with E-state index in [0.717, 1.165) is 38.5 Å². The number of rotatable bonds is 9. The molecule has 0 spiro atoms. The topological polar surface area (TPSA) is 108 Å². The van der Waals surface area contributed by atoms with Gasteiger partial charge in [-0.15, -0.1) is 0 Å². The average Bonchev–Trinajstić information content (AvgIpc) is 3.21. The summed E-state index contributed by atoms with van der Waals surface area (Å²) in [6.45, 7) is 13.3. The van der Waals surface area contributed by atoms with E-state index in [-0.39, 0.29) is 35.6 Å². The van der Waals surface area contributed by atoms with Crippen molar-refractivity contribution in [3.63, 3.8) is 0 Å². The summed E-state index contributed by atoms with van der Waals surface area (Å²) in [7, 11) is -4.13. The zero-order valence-corrected chi connectivity index (χ0v) is 25.9. The third kappa shape index (κ3) is 5.77. The predicted octanol–water partition coefficient (Wildman–Crippen LogP) is 6.90. The van der Waals surface area contributed by atoms with Crippen LogP contribution in [-0.4, -0.2) is 42.3 Å². The van der Waals surface area contributed by atoms with Crippen molar-refractivity contribution in [3.8, 4) is 0 Å². The molecule has 1 unspecified atom stereocenters. The Balaban J connectivity index is 1.46. The van der Waals surface area contributed by atoms with Crippen molar-refractivity contribution >= 4 is 25.0 Å². The molecule has 4 aliphatic carbocycles. The van der Waals surface area contributed by atoms with E-state index < -0.39 is 25.2 Å². The van der Waals surface area contributed by atoms with Crippen molar-refractivity contribution in [2.45, 2.75) is 125 Å². The average molecular weight is 568 g/mol. The fourth-order valence-electron chi connectivity index (χ4n) is 9.17. The molecular weight excluding hydrogens is 517 g/mol. The van der Waals surface area contributed by atoms with Crippen molar-refractivity contribution in [1.82, 2.24) is 5.09 Å². The van der Waals surface area contributed by atoms with Crippen LogP contribution in [0.25, 0.3) is 0 Å². The fourth-order valence-corrected chi connectivity index (χ4v) is 10.9. The number of hydrogen-bond donors (Lipinski definition) is 1. The van der Waals surface area contributed by atoms with Crippen LogP contribution in [0.15, 0.2) is 0 Å².